The van der Waals surface area contributed by atoms with Gasteiger partial charge >= 0.3 is 6.03 Å². The Kier molecular flexibility index (Phi) is 5.57. The van der Waals surface area contributed by atoms with Crippen LogP contribution in [0.3, 0.4) is 0 Å². The average Bonchev–Trinajstić information content (AvgIpc) is 3.29. The van der Waals surface area contributed by atoms with Crippen molar-refractivity contribution in [1.29, 1.82) is 0 Å². The second-order valence-electron chi connectivity index (χ2n) is 8.96. The van der Waals surface area contributed by atoms with Crippen LogP contribution in [0.5, 0.6) is 0 Å². The van der Waals surface area contributed by atoms with Crippen molar-refractivity contribution in [2.75, 3.05) is 23.5 Å². The van der Waals surface area contributed by atoms with Crippen molar-refractivity contribution in [2.24, 2.45) is 0 Å². The Morgan fingerprint density at radius 1 is 1.06 bits per heavy atom. The Bertz CT molecular complexity index is 1200. The standard InChI is InChI=1S/C25H26N4O5/c1-15-12-27(25(33)29(15)19-5-3-4-16(10-19)14-34-2)18-6-7-20-17(11-18)13-28(24(20)32)21-8-9-22(30)26-23(21)31/h3-7,10-11,15,21H,8-9,12-14H2,1-2H3,(H,26,30,31)/t15-,21?/m1/s1. The summed E-state index contributed by atoms with van der Waals surface area (Å²) in [6, 6.07) is 12.3. The molecule has 5 rings (SSSR count). The number of benzene rings is 2. The number of anilines is 2. The molecular weight excluding hydrogens is 436 g/mol. The van der Waals surface area contributed by atoms with Crippen molar-refractivity contribution in [3.63, 3.8) is 0 Å². The third-order valence-electron chi connectivity index (χ3n) is 6.64. The number of imide groups is 1. The molecule has 2 aromatic carbocycles. The first kappa shape index (κ1) is 22.1. The van der Waals surface area contributed by atoms with Gasteiger partial charge in [-0.1, -0.05) is 12.1 Å². The summed E-state index contributed by atoms with van der Waals surface area (Å²) in [6.07, 6.45) is 0.528. The molecule has 1 N–H and O–H groups in total. The van der Waals surface area contributed by atoms with Gasteiger partial charge in [0.25, 0.3) is 5.91 Å². The van der Waals surface area contributed by atoms with E-state index in [9.17, 15) is 19.2 Å². The number of rotatable bonds is 5. The van der Waals surface area contributed by atoms with Gasteiger partial charge in [-0.2, -0.15) is 0 Å². The first-order chi connectivity index (χ1) is 16.4. The molecule has 2 fully saturated rings. The van der Waals surface area contributed by atoms with Crippen LogP contribution < -0.4 is 15.1 Å². The van der Waals surface area contributed by atoms with Crippen molar-refractivity contribution in [1.82, 2.24) is 10.2 Å². The van der Waals surface area contributed by atoms with E-state index in [0.717, 1.165) is 16.8 Å². The molecule has 0 aliphatic carbocycles. The van der Waals surface area contributed by atoms with Crippen LogP contribution in [-0.2, 0) is 27.5 Å². The van der Waals surface area contributed by atoms with E-state index in [0.29, 0.717) is 30.8 Å². The molecule has 3 aliphatic rings. The zero-order chi connectivity index (χ0) is 24.0. The van der Waals surface area contributed by atoms with E-state index < -0.39 is 11.9 Å². The third kappa shape index (κ3) is 3.71. The molecule has 5 amide bonds. The number of amides is 5. The number of carbonyl (C=O) groups excluding carboxylic acids is 4. The average molecular weight is 463 g/mol. The summed E-state index contributed by atoms with van der Waals surface area (Å²) in [6.45, 7) is 3.25. The normalized spacial score (nSPS) is 22.5. The van der Waals surface area contributed by atoms with Crippen LogP contribution in [0.4, 0.5) is 16.2 Å². The predicted octanol–water partition coefficient (Wildman–Crippen LogP) is 2.43. The van der Waals surface area contributed by atoms with E-state index in [4.69, 9.17) is 4.74 Å². The number of fused-ring (bicyclic) bond motifs is 1. The monoisotopic (exact) mass is 462 g/mol. The minimum atomic E-state index is -0.663. The molecule has 2 atom stereocenters. The largest absolute Gasteiger partial charge is 0.380 e. The number of hydrogen-bond donors (Lipinski definition) is 1. The Morgan fingerprint density at radius 3 is 2.65 bits per heavy atom. The summed E-state index contributed by atoms with van der Waals surface area (Å²) in [5, 5.41) is 2.31. The number of nitrogens with zero attached hydrogens (tertiary/aromatic N) is 3. The van der Waals surface area contributed by atoms with Crippen LogP contribution in [0, 0.1) is 0 Å². The summed E-state index contributed by atoms with van der Waals surface area (Å²) in [7, 11) is 1.64. The molecule has 0 radical (unpaired) electrons. The lowest BCUT2D eigenvalue weighted by molar-refractivity contribution is -0.136. The molecule has 0 spiro atoms. The fraction of sp³-hybridized carbons (Fsp3) is 0.360. The van der Waals surface area contributed by atoms with Crippen LogP contribution in [0.25, 0.3) is 0 Å². The van der Waals surface area contributed by atoms with E-state index in [1.54, 1.807) is 29.0 Å². The number of hydrogen-bond acceptors (Lipinski definition) is 5. The van der Waals surface area contributed by atoms with Crippen molar-refractivity contribution in [3.05, 3.63) is 59.2 Å². The van der Waals surface area contributed by atoms with E-state index in [1.165, 1.54) is 4.90 Å². The highest BCUT2D eigenvalue weighted by Gasteiger charge is 2.41. The van der Waals surface area contributed by atoms with Crippen LogP contribution in [0.2, 0.25) is 0 Å². The van der Waals surface area contributed by atoms with Gasteiger partial charge in [0, 0.05) is 43.6 Å². The van der Waals surface area contributed by atoms with Crippen molar-refractivity contribution < 1.29 is 23.9 Å². The van der Waals surface area contributed by atoms with Crippen molar-refractivity contribution >= 4 is 35.1 Å². The van der Waals surface area contributed by atoms with Crippen LogP contribution in [0.15, 0.2) is 42.5 Å². The first-order valence-electron chi connectivity index (χ1n) is 11.3. The second kappa shape index (κ2) is 8.57. The second-order valence-corrected chi connectivity index (χ2v) is 8.96. The molecule has 0 saturated carbocycles. The molecule has 2 saturated heterocycles. The number of urea groups is 1. The highest BCUT2D eigenvalue weighted by molar-refractivity contribution is 6.08. The highest BCUT2D eigenvalue weighted by Crippen LogP contribution is 2.34. The summed E-state index contributed by atoms with van der Waals surface area (Å²) in [5.74, 6) is -0.979. The van der Waals surface area contributed by atoms with Crippen LogP contribution >= 0.6 is 0 Å². The van der Waals surface area contributed by atoms with Crippen LogP contribution in [0.1, 0.15) is 41.3 Å². The molecule has 9 heteroatoms. The fourth-order valence-electron chi connectivity index (χ4n) is 5.01. The van der Waals surface area contributed by atoms with Gasteiger partial charge in [-0.05, 0) is 54.8 Å². The summed E-state index contributed by atoms with van der Waals surface area (Å²) in [5.41, 5.74) is 3.81. The maximum Gasteiger partial charge on any atom is 0.329 e. The lowest BCUT2D eigenvalue weighted by Crippen LogP contribution is -2.52. The number of methoxy groups -OCH3 is 1. The van der Waals surface area contributed by atoms with E-state index in [2.05, 4.69) is 5.32 Å². The molecule has 34 heavy (non-hydrogen) atoms. The molecule has 1 unspecified atom stereocenters. The summed E-state index contributed by atoms with van der Waals surface area (Å²) >= 11 is 0. The number of nitrogens with one attached hydrogen (secondary N) is 1. The quantitative estimate of drug-likeness (QED) is 0.688. The van der Waals surface area contributed by atoms with E-state index >= 15 is 0 Å². The third-order valence-corrected chi connectivity index (χ3v) is 6.64. The maximum atomic E-state index is 13.4. The summed E-state index contributed by atoms with van der Waals surface area (Å²) in [4.78, 5) is 55.1. The molecule has 3 heterocycles. The van der Waals surface area contributed by atoms with Gasteiger partial charge in [0.1, 0.15) is 6.04 Å². The number of carbonyl (C=O) groups is 4. The van der Waals surface area contributed by atoms with Gasteiger partial charge < -0.3 is 9.64 Å². The van der Waals surface area contributed by atoms with Gasteiger partial charge in [0.15, 0.2) is 0 Å². The Labute approximate surface area is 197 Å². The fourth-order valence-corrected chi connectivity index (χ4v) is 5.01. The van der Waals surface area contributed by atoms with Gasteiger partial charge in [-0.25, -0.2) is 4.79 Å². The first-order valence-corrected chi connectivity index (χ1v) is 11.3. The molecule has 0 bridgehead atoms. The van der Waals surface area contributed by atoms with Crippen molar-refractivity contribution in [2.45, 2.75) is 45.0 Å². The van der Waals surface area contributed by atoms with Gasteiger partial charge in [0.05, 0.1) is 12.6 Å². The minimum absolute atomic E-state index is 0.0415. The molecule has 176 valence electrons. The summed E-state index contributed by atoms with van der Waals surface area (Å²) < 4.78 is 5.22. The Morgan fingerprint density at radius 2 is 1.88 bits per heavy atom. The number of piperidine rings is 1. The van der Waals surface area contributed by atoms with E-state index in [1.807, 2.05) is 37.3 Å². The Balaban J connectivity index is 1.37. The highest BCUT2D eigenvalue weighted by atomic mass is 16.5. The zero-order valence-electron chi connectivity index (χ0n) is 19.1. The topological polar surface area (TPSA) is 99.3 Å². The van der Waals surface area contributed by atoms with Crippen molar-refractivity contribution in [3.8, 4) is 0 Å². The smallest absolute Gasteiger partial charge is 0.329 e. The molecule has 3 aliphatic heterocycles. The minimum Gasteiger partial charge on any atom is -0.380 e. The van der Waals surface area contributed by atoms with Crippen LogP contribution in [-0.4, -0.2) is 54.4 Å². The predicted molar refractivity (Wildman–Crippen MR) is 124 cm³/mol. The lowest BCUT2D eigenvalue weighted by Gasteiger charge is -2.29. The maximum absolute atomic E-state index is 13.4. The number of ether oxygens (including phenoxy) is 1. The Hall–Kier alpha value is -3.72. The molecule has 9 nitrogen and oxygen atoms in total. The SMILES string of the molecule is COCc1cccc(N2C(=O)N(c3ccc4c(c3)CN(C3CCC(=O)NC3=O)C4=O)C[C@H]2C)c1. The lowest BCUT2D eigenvalue weighted by atomic mass is 10.0. The molecule has 2 aromatic rings. The van der Waals surface area contributed by atoms with Gasteiger partial charge in [0.2, 0.25) is 11.8 Å². The van der Waals surface area contributed by atoms with E-state index in [-0.39, 0.29) is 36.9 Å². The molecule has 0 aromatic heterocycles. The molecular formula is C25H26N4O5. The van der Waals surface area contributed by atoms with Gasteiger partial charge in [-0.3, -0.25) is 29.5 Å². The zero-order valence-corrected chi connectivity index (χ0v) is 19.1. The van der Waals surface area contributed by atoms with Gasteiger partial charge in [-0.15, -0.1) is 0 Å².